The number of hydrogen-bond acceptors (Lipinski definition) is 2. The molecule has 2 aliphatic rings. The number of para-hydroxylation sites is 1. The summed E-state index contributed by atoms with van der Waals surface area (Å²) in [5, 5.41) is 3.57. The molecule has 0 bridgehead atoms. The topological polar surface area (TPSA) is 30.9 Å². The van der Waals surface area contributed by atoms with Crippen LogP contribution in [-0.2, 0) is 0 Å². The first-order chi connectivity index (χ1) is 9.78. The molecule has 1 aromatic carbocycles. The van der Waals surface area contributed by atoms with Gasteiger partial charge < -0.3 is 15.1 Å². The average molecular weight is 400 g/mol. The van der Waals surface area contributed by atoms with Gasteiger partial charge in [-0.05, 0) is 24.5 Å². The van der Waals surface area contributed by atoms with Crippen LogP contribution in [-0.4, -0.2) is 50.1 Å². The van der Waals surface area contributed by atoms with Crippen molar-refractivity contribution in [2.75, 3.05) is 38.1 Å². The molecule has 2 fully saturated rings. The lowest BCUT2D eigenvalue weighted by Crippen LogP contribution is -2.53. The zero-order valence-electron chi connectivity index (χ0n) is 12.8. The molecule has 0 amide bonds. The van der Waals surface area contributed by atoms with Crippen LogP contribution in [0.25, 0.3) is 0 Å². The normalized spacial score (nSPS) is 25.3. The molecule has 5 heteroatoms. The van der Waals surface area contributed by atoms with Crippen LogP contribution < -0.4 is 10.2 Å². The summed E-state index contributed by atoms with van der Waals surface area (Å²) >= 11 is 0. The molecule has 3 rings (SSSR count). The third-order valence-electron chi connectivity index (χ3n) is 4.34. The van der Waals surface area contributed by atoms with E-state index in [1.54, 1.807) is 0 Å². The van der Waals surface area contributed by atoms with E-state index in [2.05, 4.69) is 57.4 Å². The third kappa shape index (κ3) is 4.02. The van der Waals surface area contributed by atoms with E-state index in [0.717, 1.165) is 38.1 Å². The number of guanidine groups is 1. The lowest BCUT2D eigenvalue weighted by molar-refractivity contribution is 0.371. The third-order valence-corrected chi connectivity index (χ3v) is 4.34. The van der Waals surface area contributed by atoms with Gasteiger partial charge in [0.05, 0.1) is 0 Å². The van der Waals surface area contributed by atoms with Crippen LogP contribution in [0.15, 0.2) is 35.3 Å². The molecular formula is C16H25IN4. The molecular weight excluding hydrogens is 375 g/mol. The van der Waals surface area contributed by atoms with Crippen molar-refractivity contribution >= 4 is 35.6 Å². The maximum Gasteiger partial charge on any atom is 0.193 e. The molecule has 1 aliphatic heterocycles. The zero-order valence-corrected chi connectivity index (χ0v) is 15.2. The van der Waals surface area contributed by atoms with Crippen LogP contribution in [0.2, 0.25) is 0 Å². The predicted molar refractivity (Wildman–Crippen MR) is 99.7 cm³/mol. The van der Waals surface area contributed by atoms with Gasteiger partial charge >= 0.3 is 0 Å². The van der Waals surface area contributed by atoms with E-state index in [1.165, 1.54) is 12.1 Å². The van der Waals surface area contributed by atoms with E-state index in [9.17, 15) is 0 Å². The second-order valence-corrected chi connectivity index (χ2v) is 5.82. The summed E-state index contributed by atoms with van der Waals surface area (Å²) < 4.78 is 0. The van der Waals surface area contributed by atoms with Crippen LogP contribution in [0.4, 0.5) is 5.69 Å². The molecule has 1 saturated carbocycles. The van der Waals surface area contributed by atoms with Crippen molar-refractivity contribution in [3.05, 3.63) is 30.3 Å². The summed E-state index contributed by atoms with van der Waals surface area (Å²) in [6.07, 6.45) is 1.28. The second kappa shape index (κ2) is 7.33. The Morgan fingerprint density at radius 1 is 1.14 bits per heavy atom. The van der Waals surface area contributed by atoms with Crippen LogP contribution in [0, 0.1) is 5.92 Å². The van der Waals surface area contributed by atoms with Gasteiger partial charge in [-0.25, -0.2) is 0 Å². The molecule has 4 nitrogen and oxygen atoms in total. The first-order valence-electron chi connectivity index (χ1n) is 7.56. The van der Waals surface area contributed by atoms with Gasteiger partial charge in [0.25, 0.3) is 0 Å². The van der Waals surface area contributed by atoms with Gasteiger partial charge in [0.2, 0.25) is 0 Å². The quantitative estimate of drug-likeness (QED) is 0.470. The van der Waals surface area contributed by atoms with E-state index in [4.69, 9.17) is 0 Å². The van der Waals surface area contributed by atoms with Gasteiger partial charge in [0.15, 0.2) is 5.96 Å². The first kappa shape index (κ1) is 16.4. The number of piperazine rings is 1. The summed E-state index contributed by atoms with van der Waals surface area (Å²) in [6, 6.07) is 11.3. The zero-order chi connectivity index (χ0) is 13.9. The van der Waals surface area contributed by atoms with Crippen molar-refractivity contribution in [3.8, 4) is 0 Å². The predicted octanol–water partition coefficient (Wildman–Crippen LogP) is 2.41. The van der Waals surface area contributed by atoms with Crippen molar-refractivity contribution in [2.45, 2.75) is 19.4 Å². The summed E-state index contributed by atoms with van der Waals surface area (Å²) in [7, 11) is 1.89. The monoisotopic (exact) mass is 400 g/mol. The highest BCUT2D eigenvalue weighted by atomic mass is 127. The maximum absolute atomic E-state index is 4.44. The average Bonchev–Trinajstić information content (AvgIpc) is 3.21. The molecule has 0 aromatic heterocycles. The fourth-order valence-electron chi connectivity index (χ4n) is 2.80. The summed E-state index contributed by atoms with van der Waals surface area (Å²) in [5.74, 6) is 1.88. The lowest BCUT2D eigenvalue weighted by Gasteiger charge is -2.37. The minimum Gasteiger partial charge on any atom is -0.368 e. The van der Waals surface area contributed by atoms with Gasteiger partial charge in [-0.1, -0.05) is 25.1 Å². The maximum atomic E-state index is 4.44. The Balaban J connectivity index is 0.00000161. The van der Waals surface area contributed by atoms with Crippen molar-refractivity contribution in [1.82, 2.24) is 10.2 Å². The summed E-state index contributed by atoms with van der Waals surface area (Å²) in [5.41, 5.74) is 1.32. The van der Waals surface area contributed by atoms with E-state index in [1.807, 2.05) is 7.05 Å². The Kier molecular flexibility index (Phi) is 5.72. The Hall–Kier alpha value is -0.980. The first-order valence-corrected chi connectivity index (χ1v) is 7.56. The standard InChI is InChI=1S/C16H24N4.HI/c1-13-12-15(13)18-16(17-2)20-10-8-19(9-11-20)14-6-4-3-5-7-14;/h3-7,13,15H,8-12H2,1-2H3,(H,17,18);1H. The fraction of sp³-hybridized carbons (Fsp3) is 0.562. The fourth-order valence-corrected chi connectivity index (χ4v) is 2.80. The number of nitrogens with zero attached hydrogens (tertiary/aromatic N) is 3. The molecule has 1 saturated heterocycles. The smallest absolute Gasteiger partial charge is 0.193 e. The Morgan fingerprint density at radius 2 is 1.76 bits per heavy atom. The highest BCUT2D eigenvalue weighted by molar-refractivity contribution is 14.0. The van der Waals surface area contributed by atoms with Crippen LogP contribution in [0.3, 0.4) is 0 Å². The number of halogens is 1. The molecule has 2 atom stereocenters. The van der Waals surface area contributed by atoms with E-state index < -0.39 is 0 Å². The Bertz CT molecular complexity index is 468. The molecule has 1 heterocycles. The number of nitrogens with one attached hydrogen (secondary N) is 1. The molecule has 1 N–H and O–H groups in total. The van der Waals surface area contributed by atoms with E-state index in [0.29, 0.717) is 6.04 Å². The minimum atomic E-state index is 0. The van der Waals surface area contributed by atoms with Crippen LogP contribution in [0.1, 0.15) is 13.3 Å². The summed E-state index contributed by atoms with van der Waals surface area (Å²) in [6.45, 7) is 6.49. The number of benzene rings is 1. The van der Waals surface area contributed by atoms with Gasteiger partial charge in [-0.2, -0.15) is 0 Å². The molecule has 1 aromatic rings. The van der Waals surface area contributed by atoms with Gasteiger partial charge in [0.1, 0.15) is 0 Å². The van der Waals surface area contributed by atoms with Crippen molar-refractivity contribution in [1.29, 1.82) is 0 Å². The lowest BCUT2D eigenvalue weighted by atomic mass is 10.2. The van der Waals surface area contributed by atoms with Gasteiger partial charge in [-0.15, -0.1) is 24.0 Å². The van der Waals surface area contributed by atoms with Crippen LogP contribution >= 0.6 is 24.0 Å². The highest BCUT2D eigenvalue weighted by Gasteiger charge is 2.34. The molecule has 2 unspecified atom stereocenters. The van der Waals surface area contributed by atoms with Gasteiger partial charge in [-0.3, -0.25) is 4.99 Å². The largest absolute Gasteiger partial charge is 0.368 e. The van der Waals surface area contributed by atoms with Gasteiger partial charge in [0, 0.05) is 45.0 Å². The van der Waals surface area contributed by atoms with Crippen molar-refractivity contribution in [3.63, 3.8) is 0 Å². The number of hydrogen-bond donors (Lipinski definition) is 1. The van der Waals surface area contributed by atoms with Crippen LogP contribution in [0.5, 0.6) is 0 Å². The van der Waals surface area contributed by atoms with E-state index in [-0.39, 0.29) is 24.0 Å². The summed E-state index contributed by atoms with van der Waals surface area (Å²) in [4.78, 5) is 9.26. The Labute approximate surface area is 144 Å². The second-order valence-electron chi connectivity index (χ2n) is 5.82. The number of aliphatic imine (C=N–C) groups is 1. The molecule has 1 aliphatic carbocycles. The molecule has 0 spiro atoms. The molecule has 0 radical (unpaired) electrons. The number of rotatable bonds is 2. The molecule has 116 valence electrons. The van der Waals surface area contributed by atoms with Crippen molar-refractivity contribution in [2.24, 2.45) is 10.9 Å². The molecule has 21 heavy (non-hydrogen) atoms. The van der Waals surface area contributed by atoms with Crippen molar-refractivity contribution < 1.29 is 0 Å². The SMILES string of the molecule is CN=C(NC1CC1C)N1CCN(c2ccccc2)CC1.I. The minimum absolute atomic E-state index is 0. The highest BCUT2D eigenvalue weighted by Crippen LogP contribution is 2.29. The Morgan fingerprint density at radius 3 is 2.29 bits per heavy atom. The number of anilines is 1. The van der Waals surface area contributed by atoms with E-state index >= 15 is 0 Å².